The zero-order valence-electron chi connectivity index (χ0n) is 9.11. The highest BCUT2D eigenvalue weighted by molar-refractivity contribution is 6.31. The lowest BCUT2D eigenvalue weighted by molar-refractivity contribution is 0.0953. The number of nitrogens with one attached hydrogen (secondary N) is 1. The van der Waals surface area contributed by atoms with Gasteiger partial charge in [-0.2, -0.15) is 5.10 Å². The predicted molar refractivity (Wildman–Crippen MR) is 61.4 cm³/mol. The molecule has 0 spiro atoms. The maximum absolute atomic E-state index is 11.2. The molecule has 0 radical (unpaired) electrons. The lowest BCUT2D eigenvalue weighted by Gasteiger charge is -2.00. The van der Waals surface area contributed by atoms with Crippen LogP contribution >= 0.6 is 11.6 Å². The number of aromatic nitrogens is 2. The fourth-order valence-electron chi connectivity index (χ4n) is 1.40. The van der Waals surface area contributed by atoms with Crippen LogP contribution in [0.1, 0.15) is 21.8 Å². The second-order valence-corrected chi connectivity index (χ2v) is 3.92. The van der Waals surface area contributed by atoms with E-state index in [1.165, 1.54) is 6.26 Å². The Balaban J connectivity index is 2.17. The molecule has 2 heterocycles. The first-order chi connectivity index (χ1) is 8.11. The molecule has 2 aromatic rings. The van der Waals surface area contributed by atoms with Crippen molar-refractivity contribution in [1.82, 2.24) is 15.2 Å². The third-order valence-corrected chi connectivity index (χ3v) is 2.77. The molecular weight excluding hydrogens is 244 g/mol. The smallest absolute Gasteiger partial charge is 0.268 e. The van der Waals surface area contributed by atoms with Gasteiger partial charge in [0.15, 0.2) is 0 Å². The van der Waals surface area contributed by atoms with Crippen molar-refractivity contribution in [3.8, 4) is 0 Å². The average Bonchev–Trinajstić information content (AvgIpc) is 2.91. The number of nitrogens with zero attached hydrogens (tertiary/aromatic N) is 2. The van der Waals surface area contributed by atoms with Gasteiger partial charge in [0.2, 0.25) is 0 Å². The number of hydrazine groups is 1. The van der Waals surface area contributed by atoms with Crippen LogP contribution in [-0.4, -0.2) is 15.7 Å². The normalized spacial score (nSPS) is 10.5. The molecule has 0 aliphatic carbocycles. The van der Waals surface area contributed by atoms with Crippen molar-refractivity contribution in [3.63, 3.8) is 0 Å². The molecule has 17 heavy (non-hydrogen) atoms. The molecule has 2 aromatic heterocycles. The van der Waals surface area contributed by atoms with E-state index in [-0.39, 0.29) is 0 Å². The van der Waals surface area contributed by atoms with Crippen LogP contribution < -0.4 is 11.3 Å². The predicted octanol–water partition coefficient (Wildman–Crippen LogP) is 1.09. The van der Waals surface area contributed by atoms with Gasteiger partial charge in [-0.15, -0.1) is 0 Å². The van der Waals surface area contributed by atoms with Gasteiger partial charge in [-0.1, -0.05) is 11.6 Å². The quantitative estimate of drug-likeness (QED) is 0.488. The minimum Gasteiger partial charge on any atom is -0.467 e. The van der Waals surface area contributed by atoms with Gasteiger partial charge in [0, 0.05) is 0 Å². The van der Waals surface area contributed by atoms with Crippen LogP contribution in [0, 0.1) is 6.92 Å². The maximum Gasteiger partial charge on any atom is 0.268 e. The molecule has 1 amide bonds. The zero-order chi connectivity index (χ0) is 12.4. The van der Waals surface area contributed by atoms with Crippen LogP contribution in [-0.2, 0) is 6.54 Å². The fraction of sp³-hybridized carbons (Fsp3) is 0.200. The summed E-state index contributed by atoms with van der Waals surface area (Å²) in [7, 11) is 0. The number of carbonyl (C=O) groups is 1. The number of halogens is 1. The number of furan rings is 1. The number of amides is 1. The summed E-state index contributed by atoms with van der Waals surface area (Å²) in [6, 6.07) is 1.61. The van der Waals surface area contributed by atoms with Crippen molar-refractivity contribution in [2.24, 2.45) is 5.84 Å². The molecule has 0 aliphatic heterocycles. The Kier molecular flexibility index (Phi) is 3.16. The molecule has 2 rings (SSSR count). The van der Waals surface area contributed by atoms with E-state index in [0.29, 0.717) is 22.9 Å². The second kappa shape index (κ2) is 4.60. The zero-order valence-corrected chi connectivity index (χ0v) is 9.86. The summed E-state index contributed by atoms with van der Waals surface area (Å²) in [4.78, 5) is 11.2. The molecule has 7 heteroatoms. The van der Waals surface area contributed by atoms with Crippen LogP contribution in [0.25, 0.3) is 0 Å². The van der Waals surface area contributed by atoms with Crippen molar-refractivity contribution in [1.29, 1.82) is 0 Å². The Morgan fingerprint density at radius 3 is 3.06 bits per heavy atom. The van der Waals surface area contributed by atoms with Crippen LogP contribution in [0.5, 0.6) is 0 Å². The molecular formula is C10H11ClN4O2. The Morgan fingerprint density at radius 2 is 2.47 bits per heavy atom. The molecule has 90 valence electrons. The molecule has 3 N–H and O–H groups in total. The molecule has 0 saturated carbocycles. The molecule has 0 fully saturated rings. The van der Waals surface area contributed by atoms with Gasteiger partial charge in [-0.05, 0) is 13.0 Å². The Labute approximate surface area is 102 Å². The lowest BCUT2D eigenvalue weighted by atomic mass is 10.3. The average molecular weight is 255 g/mol. The third kappa shape index (κ3) is 2.32. The van der Waals surface area contributed by atoms with Crippen molar-refractivity contribution in [3.05, 3.63) is 40.6 Å². The number of rotatable bonds is 3. The van der Waals surface area contributed by atoms with Crippen LogP contribution in [0.15, 0.2) is 22.9 Å². The number of nitrogen functional groups attached to an aromatic ring is 1. The minimum absolute atomic E-state index is 0.374. The van der Waals surface area contributed by atoms with E-state index in [9.17, 15) is 4.79 Å². The molecule has 0 aliphatic rings. The van der Waals surface area contributed by atoms with E-state index in [0.717, 1.165) is 5.69 Å². The summed E-state index contributed by atoms with van der Waals surface area (Å²) in [6.07, 6.45) is 2.91. The van der Waals surface area contributed by atoms with Gasteiger partial charge in [-0.3, -0.25) is 14.9 Å². The largest absolute Gasteiger partial charge is 0.467 e. The van der Waals surface area contributed by atoms with Crippen molar-refractivity contribution < 1.29 is 9.21 Å². The van der Waals surface area contributed by atoms with Crippen molar-refractivity contribution in [2.45, 2.75) is 13.5 Å². The summed E-state index contributed by atoms with van der Waals surface area (Å²) in [5.74, 6) is 5.23. The van der Waals surface area contributed by atoms with Gasteiger partial charge in [0.1, 0.15) is 12.0 Å². The van der Waals surface area contributed by atoms with E-state index in [1.807, 2.05) is 12.3 Å². The third-order valence-electron chi connectivity index (χ3n) is 2.40. The monoisotopic (exact) mass is 254 g/mol. The Bertz CT molecular complexity index is 546. The van der Waals surface area contributed by atoms with Gasteiger partial charge in [-0.25, -0.2) is 5.84 Å². The summed E-state index contributed by atoms with van der Waals surface area (Å²) >= 11 is 5.88. The highest BCUT2D eigenvalue weighted by atomic mass is 35.5. The van der Waals surface area contributed by atoms with Gasteiger partial charge >= 0.3 is 0 Å². The van der Waals surface area contributed by atoms with Crippen LogP contribution in [0.3, 0.4) is 0 Å². The van der Waals surface area contributed by atoms with E-state index < -0.39 is 5.91 Å². The van der Waals surface area contributed by atoms with Crippen LogP contribution in [0.2, 0.25) is 5.02 Å². The lowest BCUT2D eigenvalue weighted by Crippen LogP contribution is -2.29. The molecule has 0 aromatic carbocycles. The second-order valence-electron chi connectivity index (χ2n) is 3.51. The molecule has 0 atom stereocenters. The molecule has 0 saturated heterocycles. The molecule has 0 unspecified atom stereocenters. The topological polar surface area (TPSA) is 86.1 Å². The summed E-state index contributed by atoms with van der Waals surface area (Å²) in [5, 5.41) is 4.68. The standard InChI is InChI=1S/C10H11ClN4O2/c1-6-9(11)3-13-15(6)4-8-2-7(5-17-8)10(16)14-12/h2-3,5H,4,12H2,1H3,(H,14,16). The Morgan fingerprint density at radius 1 is 1.71 bits per heavy atom. The first kappa shape index (κ1) is 11.7. The molecule has 0 bridgehead atoms. The summed E-state index contributed by atoms with van der Waals surface area (Å²) in [5.41, 5.74) is 3.25. The van der Waals surface area contributed by atoms with E-state index >= 15 is 0 Å². The number of nitrogens with two attached hydrogens (primary N) is 1. The van der Waals surface area contributed by atoms with Gasteiger partial charge in [0.25, 0.3) is 5.91 Å². The number of hydrogen-bond donors (Lipinski definition) is 2. The highest BCUT2D eigenvalue weighted by Gasteiger charge is 2.11. The van der Waals surface area contributed by atoms with E-state index in [2.05, 4.69) is 5.10 Å². The first-order valence-electron chi connectivity index (χ1n) is 4.88. The molecule has 6 nitrogen and oxygen atoms in total. The number of carbonyl (C=O) groups excluding carboxylic acids is 1. The van der Waals surface area contributed by atoms with Crippen LogP contribution in [0.4, 0.5) is 0 Å². The first-order valence-corrected chi connectivity index (χ1v) is 5.26. The number of hydrogen-bond acceptors (Lipinski definition) is 4. The fourth-order valence-corrected chi connectivity index (χ4v) is 1.54. The SMILES string of the molecule is Cc1c(Cl)cnn1Cc1cc(C(=O)NN)co1. The van der Waals surface area contributed by atoms with Crippen molar-refractivity contribution in [2.75, 3.05) is 0 Å². The van der Waals surface area contributed by atoms with Gasteiger partial charge in [0.05, 0.1) is 29.0 Å². The summed E-state index contributed by atoms with van der Waals surface area (Å²) in [6.45, 7) is 2.27. The van der Waals surface area contributed by atoms with Gasteiger partial charge < -0.3 is 4.42 Å². The minimum atomic E-state index is -0.393. The van der Waals surface area contributed by atoms with Crippen molar-refractivity contribution >= 4 is 17.5 Å². The highest BCUT2D eigenvalue weighted by Crippen LogP contribution is 2.16. The maximum atomic E-state index is 11.2. The van der Waals surface area contributed by atoms with E-state index in [1.54, 1.807) is 16.9 Å². The van der Waals surface area contributed by atoms with E-state index in [4.69, 9.17) is 21.9 Å². The Hall–Kier alpha value is -1.79. The summed E-state index contributed by atoms with van der Waals surface area (Å²) < 4.78 is 6.92.